The Kier molecular flexibility index (Phi) is 1.25. The number of rotatable bonds is 0. The molecule has 0 saturated carbocycles. The topological polar surface area (TPSA) is 29.5 Å². The van der Waals surface area contributed by atoms with E-state index in [2.05, 4.69) is 4.74 Å². The Morgan fingerprint density at radius 3 is 2.57 bits per heavy atom. The molecule has 0 aliphatic carbocycles. The maximum Gasteiger partial charge on any atom is 0.157 e. The average molecular weight is 106 g/mol. The van der Waals surface area contributed by atoms with Crippen LogP contribution in [0.2, 0.25) is 0 Å². The predicted octanol–water partition coefficient (Wildman–Crippen LogP) is 0.0632. The summed E-state index contributed by atoms with van der Waals surface area (Å²) in [6, 6.07) is 0. The van der Waals surface area contributed by atoms with Crippen molar-refractivity contribution in [1.29, 1.82) is 0 Å². The van der Waals surface area contributed by atoms with Crippen LogP contribution in [0.1, 0.15) is 6.42 Å². The molecule has 1 heterocycles. The second kappa shape index (κ2) is 1.76. The summed E-state index contributed by atoms with van der Waals surface area (Å²) in [6.07, 6.45) is -1.66. The largest absolute Gasteiger partial charge is 0.368 e. The molecular formula is C4H7FO2. The maximum atomic E-state index is 11.9. The van der Waals surface area contributed by atoms with Crippen molar-refractivity contribution in [1.82, 2.24) is 0 Å². The van der Waals surface area contributed by atoms with Crippen molar-refractivity contribution in [3.63, 3.8) is 0 Å². The van der Waals surface area contributed by atoms with Crippen molar-refractivity contribution < 1.29 is 14.2 Å². The SMILES string of the molecule is OC1CC(F)CO1. The highest BCUT2D eigenvalue weighted by molar-refractivity contribution is 4.63. The first-order valence-electron chi connectivity index (χ1n) is 2.23. The number of aliphatic hydroxyl groups excluding tert-OH is 1. The average Bonchev–Trinajstić information content (AvgIpc) is 1.87. The number of hydrogen-bond acceptors (Lipinski definition) is 2. The molecule has 0 spiro atoms. The van der Waals surface area contributed by atoms with Gasteiger partial charge in [-0.1, -0.05) is 0 Å². The lowest BCUT2D eigenvalue weighted by atomic mass is 10.3. The summed E-state index contributed by atoms with van der Waals surface area (Å²) in [7, 11) is 0. The van der Waals surface area contributed by atoms with E-state index in [1.807, 2.05) is 0 Å². The minimum Gasteiger partial charge on any atom is -0.368 e. The van der Waals surface area contributed by atoms with E-state index >= 15 is 0 Å². The van der Waals surface area contributed by atoms with E-state index in [1.165, 1.54) is 0 Å². The summed E-state index contributed by atoms with van der Waals surface area (Å²) in [5.74, 6) is 0. The molecule has 1 aliphatic heterocycles. The van der Waals surface area contributed by atoms with Gasteiger partial charge in [0.1, 0.15) is 6.17 Å². The number of hydrogen-bond donors (Lipinski definition) is 1. The van der Waals surface area contributed by atoms with Gasteiger partial charge in [0.25, 0.3) is 0 Å². The molecule has 1 N–H and O–H groups in total. The van der Waals surface area contributed by atoms with Crippen LogP contribution in [0.15, 0.2) is 0 Å². The zero-order valence-electron chi connectivity index (χ0n) is 3.80. The van der Waals surface area contributed by atoms with Crippen LogP contribution in [-0.4, -0.2) is 24.2 Å². The zero-order valence-corrected chi connectivity index (χ0v) is 3.80. The summed E-state index contributed by atoms with van der Waals surface area (Å²) < 4.78 is 16.3. The van der Waals surface area contributed by atoms with Gasteiger partial charge in [0, 0.05) is 6.42 Å². The van der Waals surface area contributed by atoms with Crippen molar-refractivity contribution in [2.24, 2.45) is 0 Å². The van der Waals surface area contributed by atoms with E-state index in [0.717, 1.165) is 0 Å². The Labute approximate surface area is 40.9 Å². The quantitative estimate of drug-likeness (QED) is 0.473. The van der Waals surface area contributed by atoms with Crippen LogP contribution in [0.25, 0.3) is 0 Å². The predicted molar refractivity (Wildman–Crippen MR) is 21.5 cm³/mol. The first-order chi connectivity index (χ1) is 3.29. The van der Waals surface area contributed by atoms with E-state index in [9.17, 15) is 4.39 Å². The van der Waals surface area contributed by atoms with Gasteiger partial charge in [-0.2, -0.15) is 0 Å². The van der Waals surface area contributed by atoms with E-state index < -0.39 is 12.5 Å². The van der Waals surface area contributed by atoms with Crippen molar-refractivity contribution >= 4 is 0 Å². The molecule has 0 bridgehead atoms. The van der Waals surface area contributed by atoms with Crippen LogP contribution >= 0.6 is 0 Å². The molecule has 0 aromatic rings. The highest BCUT2D eigenvalue weighted by Gasteiger charge is 2.21. The van der Waals surface area contributed by atoms with Crippen molar-refractivity contribution in [2.75, 3.05) is 6.61 Å². The summed E-state index contributed by atoms with van der Waals surface area (Å²) >= 11 is 0. The second-order valence-corrected chi connectivity index (χ2v) is 1.62. The maximum absolute atomic E-state index is 11.9. The van der Waals surface area contributed by atoms with E-state index in [0.29, 0.717) is 0 Å². The lowest BCUT2D eigenvalue weighted by Crippen LogP contribution is -2.00. The third kappa shape index (κ3) is 1.11. The van der Waals surface area contributed by atoms with Crippen LogP contribution in [0.5, 0.6) is 0 Å². The normalized spacial score (nSPS) is 42.0. The molecule has 7 heavy (non-hydrogen) atoms. The van der Waals surface area contributed by atoms with Crippen molar-refractivity contribution in [3.05, 3.63) is 0 Å². The Morgan fingerprint density at radius 1 is 1.71 bits per heavy atom. The van der Waals surface area contributed by atoms with Gasteiger partial charge >= 0.3 is 0 Å². The molecule has 1 aliphatic rings. The van der Waals surface area contributed by atoms with Crippen molar-refractivity contribution in [3.8, 4) is 0 Å². The molecule has 0 amide bonds. The number of alkyl halides is 1. The zero-order chi connectivity index (χ0) is 5.28. The van der Waals surface area contributed by atoms with Gasteiger partial charge < -0.3 is 9.84 Å². The standard InChI is InChI=1S/C4H7FO2/c5-3-1-4(6)7-2-3/h3-4,6H,1-2H2. The fourth-order valence-corrected chi connectivity index (χ4v) is 0.570. The van der Waals surface area contributed by atoms with Gasteiger partial charge in [0.15, 0.2) is 6.29 Å². The lowest BCUT2D eigenvalue weighted by molar-refractivity contribution is -0.0592. The molecule has 2 unspecified atom stereocenters. The van der Waals surface area contributed by atoms with Crippen molar-refractivity contribution in [2.45, 2.75) is 18.9 Å². The van der Waals surface area contributed by atoms with Gasteiger partial charge in [0.05, 0.1) is 6.61 Å². The third-order valence-corrected chi connectivity index (χ3v) is 0.927. The van der Waals surface area contributed by atoms with Crippen LogP contribution in [0, 0.1) is 0 Å². The molecule has 2 nitrogen and oxygen atoms in total. The Hall–Kier alpha value is -0.150. The molecule has 1 fully saturated rings. The van der Waals surface area contributed by atoms with E-state index in [4.69, 9.17) is 5.11 Å². The monoisotopic (exact) mass is 106 g/mol. The van der Waals surface area contributed by atoms with Gasteiger partial charge in [0.2, 0.25) is 0 Å². The molecule has 0 aromatic heterocycles. The minimum absolute atomic E-state index is 0.0567. The minimum atomic E-state index is -0.949. The summed E-state index contributed by atoms with van der Waals surface area (Å²) in [4.78, 5) is 0. The van der Waals surface area contributed by atoms with Gasteiger partial charge in [-0.05, 0) is 0 Å². The highest BCUT2D eigenvalue weighted by atomic mass is 19.1. The molecule has 3 heteroatoms. The smallest absolute Gasteiger partial charge is 0.157 e. The lowest BCUT2D eigenvalue weighted by Gasteiger charge is -1.93. The highest BCUT2D eigenvalue weighted by Crippen LogP contribution is 2.12. The Bertz CT molecular complexity index is 58.7. The Morgan fingerprint density at radius 2 is 2.43 bits per heavy atom. The summed E-state index contributed by atoms with van der Waals surface area (Å²) in [5.41, 5.74) is 0. The number of halogens is 1. The molecule has 1 saturated heterocycles. The number of aliphatic hydroxyl groups is 1. The van der Waals surface area contributed by atoms with Gasteiger partial charge in [-0.15, -0.1) is 0 Å². The first-order valence-corrected chi connectivity index (χ1v) is 2.23. The Balaban J connectivity index is 2.26. The van der Waals surface area contributed by atoms with Crippen LogP contribution in [-0.2, 0) is 4.74 Å². The molecule has 2 atom stereocenters. The van der Waals surface area contributed by atoms with Crippen LogP contribution in [0.4, 0.5) is 4.39 Å². The van der Waals surface area contributed by atoms with Crippen LogP contribution < -0.4 is 0 Å². The first kappa shape index (κ1) is 5.00. The summed E-state index contributed by atoms with van der Waals surface area (Å²) in [5, 5.41) is 8.44. The molecule has 42 valence electrons. The summed E-state index contributed by atoms with van der Waals surface area (Å²) in [6.45, 7) is 0.0567. The third-order valence-electron chi connectivity index (χ3n) is 0.927. The van der Waals surface area contributed by atoms with E-state index in [1.54, 1.807) is 0 Å². The molecule has 1 rings (SSSR count). The molecular weight excluding hydrogens is 99.0 g/mol. The molecule has 0 aromatic carbocycles. The van der Waals surface area contributed by atoms with Gasteiger partial charge in [-0.25, -0.2) is 4.39 Å². The van der Waals surface area contributed by atoms with Gasteiger partial charge in [-0.3, -0.25) is 0 Å². The van der Waals surface area contributed by atoms with Crippen LogP contribution in [0.3, 0.4) is 0 Å². The number of ether oxygens (including phenoxy) is 1. The second-order valence-electron chi connectivity index (χ2n) is 1.62. The fraction of sp³-hybridized carbons (Fsp3) is 1.00. The molecule has 0 radical (unpaired) electrons. The van der Waals surface area contributed by atoms with E-state index in [-0.39, 0.29) is 13.0 Å². The fourth-order valence-electron chi connectivity index (χ4n) is 0.570.